The van der Waals surface area contributed by atoms with Crippen molar-refractivity contribution < 1.29 is 0 Å². The Labute approximate surface area is 157 Å². The van der Waals surface area contributed by atoms with Crippen LogP contribution < -0.4 is 10.6 Å². The van der Waals surface area contributed by atoms with Crippen molar-refractivity contribution in [1.82, 2.24) is 15.0 Å². The van der Waals surface area contributed by atoms with Crippen molar-refractivity contribution in [2.75, 3.05) is 10.6 Å². The molecule has 3 aromatic rings. The maximum atomic E-state index is 4.45. The van der Waals surface area contributed by atoms with Crippen LogP contribution in [0.15, 0.2) is 53.3 Å². The number of benzene rings is 1. The largest absolute Gasteiger partial charge is 0.340 e. The molecule has 0 fully saturated rings. The molecule has 2 heterocycles. The number of halogens is 1. The summed E-state index contributed by atoms with van der Waals surface area (Å²) in [7, 11) is 0. The molecule has 5 nitrogen and oxygen atoms in total. The van der Waals surface area contributed by atoms with Crippen molar-refractivity contribution in [3.05, 3.63) is 64.4 Å². The number of rotatable bonds is 4. The Balaban J connectivity index is 0.00000109. The van der Waals surface area contributed by atoms with E-state index in [9.17, 15) is 0 Å². The van der Waals surface area contributed by atoms with E-state index in [1.54, 1.807) is 12.4 Å². The molecule has 0 radical (unpaired) electrons. The molecule has 6 heteroatoms. The maximum Gasteiger partial charge on any atom is 0.230 e. The minimum Gasteiger partial charge on any atom is -0.340 e. The minimum atomic E-state index is 0.494. The summed E-state index contributed by atoms with van der Waals surface area (Å²) in [6, 6.07) is 11.8. The van der Waals surface area contributed by atoms with E-state index in [4.69, 9.17) is 0 Å². The number of nitrogens with zero attached hydrogens (tertiary/aromatic N) is 3. The van der Waals surface area contributed by atoms with Gasteiger partial charge in [0.1, 0.15) is 11.6 Å². The molecule has 0 saturated heterocycles. The molecule has 0 amide bonds. The van der Waals surface area contributed by atoms with Gasteiger partial charge in [-0.25, -0.2) is 9.97 Å². The third-order valence-corrected chi connectivity index (χ3v) is 3.87. The number of anilines is 4. The molecule has 0 aliphatic carbocycles. The zero-order valence-electron chi connectivity index (χ0n) is 14.8. The van der Waals surface area contributed by atoms with Crippen LogP contribution in [0, 0.1) is 13.8 Å². The van der Waals surface area contributed by atoms with Gasteiger partial charge in [-0.05, 0) is 71.2 Å². The highest BCUT2D eigenvalue weighted by Gasteiger charge is 2.03. The first-order valence-corrected chi connectivity index (χ1v) is 8.95. The van der Waals surface area contributed by atoms with Gasteiger partial charge in [-0.1, -0.05) is 19.9 Å². The quantitative estimate of drug-likeness (QED) is 0.583. The highest BCUT2D eigenvalue weighted by molar-refractivity contribution is 9.10. The van der Waals surface area contributed by atoms with Gasteiger partial charge < -0.3 is 10.6 Å². The normalized spacial score (nSPS) is 9.80. The van der Waals surface area contributed by atoms with E-state index < -0.39 is 0 Å². The van der Waals surface area contributed by atoms with Gasteiger partial charge in [0.25, 0.3) is 0 Å². The molecule has 0 aliphatic rings. The standard InChI is InChI=1S/C17H16BrN5.C2H6/c1-11-3-5-14(9-12(11)2)21-16-7-8-19-17(23-16)22-15-6-4-13(18)10-20-15;1-2/h3-10H,1-2H3,(H2,19,20,21,22,23);1-2H3. The molecule has 0 spiro atoms. The average Bonchev–Trinajstić information content (AvgIpc) is 2.62. The number of pyridine rings is 1. The Morgan fingerprint density at radius 3 is 2.32 bits per heavy atom. The van der Waals surface area contributed by atoms with Gasteiger partial charge in [-0.3, -0.25) is 0 Å². The first-order chi connectivity index (χ1) is 12.1. The molecule has 3 rings (SSSR count). The van der Waals surface area contributed by atoms with Crippen molar-refractivity contribution >= 4 is 39.2 Å². The second-order valence-corrected chi connectivity index (χ2v) is 6.09. The van der Waals surface area contributed by atoms with Gasteiger partial charge in [-0.2, -0.15) is 4.98 Å². The van der Waals surface area contributed by atoms with Crippen LogP contribution in [0.2, 0.25) is 0 Å². The lowest BCUT2D eigenvalue weighted by atomic mass is 10.1. The topological polar surface area (TPSA) is 62.7 Å². The summed E-state index contributed by atoms with van der Waals surface area (Å²) >= 11 is 3.36. The van der Waals surface area contributed by atoms with E-state index in [0.717, 1.165) is 16.0 Å². The lowest BCUT2D eigenvalue weighted by molar-refractivity contribution is 1.15. The minimum absolute atomic E-state index is 0.494. The lowest BCUT2D eigenvalue weighted by Gasteiger charge is -2.09. The first-order valence-electron chi connectivity index (χ1n) is 8.16. The van der Waals surface area contributed by atoms with E-state index in [2.05, 4.69) is 67.5 Å². The van der Waals surface area contributed by atoms with Crippen molar-refractivity contribution in [1.29, 1.82) is 0 Å². The van der Waals surface area contributed by atoms with Gasteiger partial charge in [0.2, 0.25) is 5.95 Å². The predicted molar refractivity (Wildman–Crippen MR) is 108 cm³/mol. The Hall–Kier alpha value is -2.47. The third-order valence-electron chi connectivity index (χ3n) is 3.40. The SMILES string of the molecule is CC.Cc1ccc(Nc2ccnc(Nc3ccc(Br)cn3)n2)cc1C. The van der Waals surface area contributed by atoms with Crippen molar-refractivity contribution in [2.45, 2.75) is 27.7 Å². The van der Waals surface area contributed by atoms with Crippen molar-refractivity contribution in [2.24, 2.45) is 0 Å². The molecule has 130 valence electrons. The van der Waals surface area contributed by atoms with E-state index in [1.165, 1.54) is 11.1 Å². The Morgan fingerprint density at radius 1 is 0.840 bits per heavy atom. The van der Waals surface area contributed by atoms with Gasteiger partial charge in [0, 0.05) is 22.6 Å². The highest BCUT2D eigenvalue weighted by Crippen LogP contribution is 2.19. The molecule has 1 aromatic carbocycles. The number of aryl methyl sites for hydroxylation is 2. The van der Waals surface area contributed by atoms with Crippen LogP contribution in [0.25, 0.3) is 0 Å². The molecular weight excluding hydrogens is 378 g/mol. The summed E-state index contributed by atoms with van der Waals surface area (Å²) in [5.74, 6) is 1.91. The van der Waals surface area contributed by atoms with Crippen LogP contribution in [0.1, 0.15) is 25.0 Å². The molecule has 2 aromatic heterocycles. The number of aromatic nitrogens is 3. The van der Waals surface area contributed by atoms with Crippen LogP contribution >= 0.6 is 15.9 Å². The second-order valence-electron chi connectivity index (χ2n) is 5.18. The van der Waals surface area contributed by atoms with Crippen molar-refractivity contribution in [3.8, 4) is 0 Å². The average molecular weight is 400 g/mol. The summed E-state index contributed by atoms with van der Waals surface area (Å²) in [5.41, 5.74) is 3.50. The van der Waals surface area contributed by atoms with Crippen LogP contribution in [-0.4, -0.2) is 15.0 Å². The maximum absolute atomic E-state index is 4.45. The zero-order chi connectivity index (χ0) is 18.2. The smallest absolute Gasteiger partial charge is 0.230 e. The molecule has 0 saturated carbocycles. The van der Waals surface area contributed by atoms with E-state index in [-0.39, 0.29) is 0 Å². The van der Waals surface area contributed by atoms with Gasteiger partial charge >= 0.3 is 0 Å². The predicted octanol–water partition coefficient (Wildman–Crippen LogP) is 5.76. The molecule has 0 aliphatic heterocycles. The Bertz CT molecular complexity index is 818. The lowest BCUT2D eigenvalue weighted by Crippen LogP contribution is -2.01. The summed E-state index contributed by atoms with van der Waals surface area (Å²) in [5, 5.41) is 6.37. The van der Waals surface area contributed by atoms with E-state index in [0.29, 0.717) is 11.8 Å². The van der Waals surface area contributed by atoms with Crippen LogP contribution in [0.4, 0.5) is 23.3 Å². The molecule has 2 N–H and O–H groups in total. The fourth-order valence-electron chi connectivity index (χ4n) is 2.02. The van der Waals surface area contributed by atoms with E-state index >= 15 is 0 Å². The highest BCUT2D eigenvalue weighted by atomic mass is 79.9. The van der Waals surface area contributed by atoms with Gasteiger partial charge in [-0.15, -0.1) is 0 Å². The molecular formula is C19H22BrN5. The fourth-order valence-corrected chi connectivity index (χ4v) is 2.25. The number of hydrogen-bond donors (Lipinski definition) is 2. The first kappa shape index (κ1) is 18.9. The summed E-state index contributed by atoms with van der Waals surface area (Å²) < 4.78 is 0.925. The van der Waals surface area contributed by atoms with E-state index in [1.807, 2.05) is 38.1 Å². The number of hydrogen-bond acceptors (Lipinski definition) is 5. The van der Waals surface area contributed by atoms with Crippen LogP contribution in [0.3, 0.4) is 0 Å². The Kier molecular flexibility index (Phi) is 6.89. The van der Waals surface area contributed by atoms with Crippen LogP contribution in [0.5, 0.6) is 0 Å². The molecule has 0 bridgehead atoms. The number of nitrogens with one attached hydrogen (secondary N) is 2. The second kappa shape index (κ2) is 9.13. The molecule has 0 unspecified atom stereocenters. The summed E-state index contributed by atoms with van der Waals surface area (Å²) in [6.07, 6.45) is 3.43. The fraction of sp³-hybridized carbons (Fsp3) is 0.211. The van der Waals surface area contributed by atoms with Crippen LogP contribution in [-0.2, 0) is 0 Å². The third kappa shape index (κ3) is 5.53. The monoisotopic (exact) mass is 399 g/mol. The summed E-state index contributed by atoms with van der Waals surface area (Å²) in [6.45, 7) is 8.18. The van der Waals surface area contributed by atoms with Crippen molar-refractivity contribution in [3.63, 3.8) is 0 Å². The zero-order valence-corrected chi connectivity index (χ0v) is 16.4. The van der Waals surface area contributed by atoms with Gasteiger partial charge in [0.05, 0.1) is 0 Å². The van der Waals surface area contributed by atoms with Gasteiger partial charge in [0.15, 0.2) is 0 Å². The molecule has 0 atom stereocenters. The Morgan fingerprint density at radius 2 is 1.64 bits per heavy atom. The summed E-state index contributed by atoms with van der Waals surface area (Å²) in [4.78, 5) is 12.9. The molecule has 25 heavy (non-hydrogen) atoms.